The summed E-state index contributed by atoms with van der Waals surface area (Å²) in [4.78, 5) is 0. The molecule has 1 saturated carbocycles. The van der Waals surface area contributed by atoms with Gasteiger partial charge < -0.3 is 10.1 Å². The van der Waals surface area contributed by atoms with Crippen molar-refractivity contribution in [2.45, 2.75) is 45.3 Å². The van der Waals surface area contributed by atoms with Gasteiger partial charge in [-0.15, -0.1) is 6.58 Å². The van der Waals surface area contributed by atoms with Gasteiger partial charge in [-0.05, 0) is 50.3 Å². The van der Waals surface area contributed by atoms with Crippen LogP contribution >= 0.6 is 0 Å². The van der Waals surface area contributed by atoms with Gasteiger partial charge in [0.15, 0.2) is 0 Å². The van der Waals surface area contributed by atoms with Crippen LogP contribution in [0.2, 0.25) is 0 Å². The third-order valence-electron chi connectivity index (χ3n) is 3.39. The first-order valence-electron chi connectivity index (χ1n) is 7.27. The molecule has 0 aromatic heterocycles. The highest BCUT2D eigenvalue weighted by atomic mass is 16.5. The Bertz CT molecular complexity index is 392. The predicted molar refractivity (Wildman–Crippen MR) is 80.3 cm³/mol. The molecule has 1 N–H and O–H groups in total. The summed E-state index contributed by atoms with van der Waals surface area (Å²) in [5.41, 5.74) is 3.83. The summed E-state index contributed by atoms with van der Waals surface area (Å²) in [6, 6.07) is 9.58. The summed E-state index contributed by atoms with van der Waals surface area (Å²) in [5, 5.41) is 3.54. The van der Waals surface area contributed by atoms with Crippen molar-refractivity contribution in [3.63, 3.8) is 0 Å². The Kier molecular flexibility index (Phi) is 5.62. The summed E-state index contributed by atoms with van der Waals surface area (Å²) in [6.07, 6.45) is 4.79. The highest BCUT2D eigenvalue weighted by Gasteiger charge is 2.19. The molecule has 104 valence electrons. The smallest absolute Gasteiger partial charge is 0.0717 e. The van der Waals surface area contributed by atoms with Crippen LogP contribution in [0.15, 0.2) is 36.4 Å². The standard InChI is InChI=1S/C17H25NO/c1-14(2)10-12-19-13-16-5-3-15(4-6-16)9-11-18-17-7-8-17/h3-6,17-18H,1,7-13H2,2H3. The fourth-order valence-corrected chi connectivity index (χ4v) is 1.95. The Morgan fingerprint density at radius 2 is 1.95 bits per heavy atom. The topological polar surface area (TPSA) is 21.3 Å². The molecule has 0 bridgehead atoms. The van der Waals surface area contributed by atoms with Gasteiger partial charge in [0.05, 0.1) is 13.2 Å². The van der Waals surface area contributed by atoms with E-state index in [4.69, 9.17) is 4.74 Å². The second kappa shape index (κ2) is 7.46. The fraction of sp³-hybridized carbons (Fsp3) is 0.529. The van der Waals surface area contributed by atoms with Crippen LogP contribution in [0.1, 0.15) is 37.3 Å². The molecular weight excluding hydrogens is 234 g/mol. The molecule has 0 atom stereocenters. The molecule has 1 aromatic carbocycles. The van der Waals surface area contributed by atoms with E-state index in [1.165, 1.54) is 29.5 Å². The van der Waals surface area contributed by atoms with E-state index in [1.54, 1.807) is 0 Å². The molecule has 19 heavy (non-hydrogen) atoms. The van der Waals surface area contributed by atoms with Crippen molar-refractivity contribution < 1.29 is 4.74 Å². The molecule has 0 aliphatic heterocycles. The number of nitrogens with one attached hydrogen (secondary N) is 1. The van der Waals surface area contributed by atoms with E-state index in [-0.39, 0.29) is 0 Å². The first-order valence-corrected chi connectivity index (χ1v) is 7.27. The van der Waals surface area contributed by atoms with Gasteiger partial charge in [-0.1, -0.05) is 29.8 Å². The van der Waals surface area contributed by atoms with Gasteiger partial charge in [0, 0.05) is 6.04 Å². The number of hydrogen-bond acceptors (Lipinski definition) is 2. The van der Waals surface area contributed by atoms with E-state index < -0.39 is 0 Å². The highest BCUT2D eigenvalue weighted by molar-refractivity contribution is 5.22. The van der Waals surface area contributed by atoms with Crippen molar-refractivity contribution in [3.8, 4) is 0 Å². The van der Waals surface area contributed by atoms with Crippen molar-refractivity contribution >= 4 is 0 Å². The zero-order valence-electron chi connectivity index (χ0n) is 12.0. The van der Waals surface area contributed by atoms with E-state index in [0.717, 1.165) is 32.0 Å². The average Bonchev–Trinajstić information content (AvgIpc) is 3.20. The summed E-state index contributed by atoms with van der Waals surface area (Å²) in [5.74, 6) is 0. The lowest BCUT2D eigenvalue weighted by molar-refractivity contribution is 0.124. The van der Waals surface area contributed by atoms with Gasteiger partial charge in [-0.3, -0.25) is 0 Å². The first-order chi connectivity index (χ1) is 9.24. The van der Waals surface area contributed by atoms with Crippen LogP contribution in [0.3, 0.4) is 0 Å². The van der Waals surface area contributed by atoms with E-state index in [0.29, 0.717) is 6.61 Å². The van der Waals surface area contributed by atoms with E-state index in [1.807, 2.05) is 6.92 Å². The van der Waals surface area contributed by atoms with Crippen LogP contribution in [0.5, 0.6) is 0 Å². The van der Waals surface area contributed by atoms with E-state index in [2.05, 4.69) is 36.2 Å². The Morgan fingerprint density at radius 3 is 2.58 bits per heavy atom. The minimum Gasteiger partial charge on any atom is -0.376 e. The SMILES string of the molecule is C=C(C)CCOCc1ccc(CCNC2CC2)cc1. The molecule has 2 nitrogen and oxygen atoms in total. The van der Waals surface area contributed by atoms with Gasteiger partial charge in [-0.25, -0.2) is 0 Å². The molecule has 0 radical (unpaired) electrons. The monoisotopic (exact) mass is 259 g/mol. The summed E-state index contributed by atoms with van der Waals surface area (Å²) >= 11 is 0. The number of benzene rings is 1. The maximum Gasteiger partial charge on any atom is 0.0717 e. The molecule has 1 aliphatic rings. The van der Waals surface area contributed by atoms with Gasteiger partial charge in [0.2, 0.25) is 0 Å². The Hall–Kier alpha value is -1.12. The lowest BCUT2D eigenvalue weighted by atomic mass is 10.1. The maximum absolute atomic E-state index is 5.62. The van der Waals surface area contributed by atoms with Crippen LogP contribution < -0.4 is 5.32 Å². The second-order valence-corrected chi connectivity index (χ2v) is 5.55. The Labute approximate surface area is 116 Å². The summed E-state index contributed by atoms with van der Waals surface area (Å²) < 4.78 is 5.62. The van der Waals surface area contributed by atoms with E-state index >= 15 is 0 Å². The largest absolute Gasteiger partial charge is 0.376 e. The molecule has 2 rings (SSSR count). The fourth-order valence-electron chi connectivity index (χ4n) is 1.95. The van der Waals surface area contributed by atoms with E-state index in [9.17, 15) is 0 Å². The van der Waals surface area contributed by atoms with Crippen molar-refractivity contribution in [1.29, 1.82) is 0 Å². The predicted octanol–water partition coefficient (Wildman–Crippen LogP) is 3.46. The quantitative estimate of drug-likeness (QED) is 0.541. The highest BCUT2D eigenvalue weighted by Crippen LogP contribution is 2.18. The average molecular weight is 259 g/mol. The molecule has 0 heterocycles. The van der Waals surface area contributed by atoms with Gasteiger partial charge in [0.1, 0.15) is 0 Å². The molecule has 1 fully saturated rings. The van der Waals surface area contributed by atoms with Gasteiger partial charge in [0.25, 0.3) is 0 Å². The number of hydrogen-bond donors (Lipinski definition) is 1. The van der Waals surface area contributed by atoms with Crippen molar-refractivity contribution in [3.05, 3.63) is 47.5 Å². The Balaban J connectivity index is 1.63. The molecule has 1 aliphatic carbocycles. The van der Waals surface area contributed by atoms with Gasteiger partial charge in [-0.2, -0.15) is 0 Å². The normalized spacial score (nSPS) is 14.6. The van der Waals surface area contributed by atoms with Crippen molar-refractivity contribution in [2.24, 2.45) is 0 Å². The first kappa shape index (κ1) is 14.3. The molecule has 0 amide bonds. The lowest BCUT2D eigenvalue weighted by Crippen LogP contribution is -2.19. The summed E-state index contributed by atoms with van der Waals surface area (Å²) in [7, 11) is 0. The van der Waals surface area contributed by atoms with Crippen molar-refractivity contribution in [1.82, 2.24) is 5.32 Å². The molecular formula is C17H25NO. The van der Waals surface area contributed by atoms with Gasteiger partial charge >= 0.3 is 0 Å². The maximum atomic E-state index is 5.62. The zero-order valence-corrected chi connectivity index (χ0v) is 12.0. The molecule has 0 saturated heterocycles. The lowest BCUT2D eigenvalue weighted by Gasteiger charge is -2.06. The minimum atomic E-state index is 0.702. The third kappa shape index (κ3) is 6.04. The van der Waals surface area contributed by atoms with Crippen LogP contribution in [0.4, 0.5) is 0 Å². The Morgan fingerprint density at radius 1 is 1.26 bits per heavy atom. The van der Waals surface area contributed by atoms with Crippen molar-refractivity contribution in [2.75, 3.05) is 13.2 Å². The van der Waals surface area contributed by atoms with Crippen LogP contribution in [-0.4, -0.2) is 19.2 Å². The minimum absolute atomic E-state index is 0.702. The number of ether oxygens (including phenoxy) is 1. The van der Waals surface area contributed by atoms with Crippen LogP contribution in [0.25, 0.3) is 0 Å². The molecule has 0 spiro atoms. The van der Waals surface area contributed by atoms with Crippen LogP contribution in [-0.2, 0) is 17.8 Å². The third-order valence-corrected chi connectivity index (χ3v) is 3.39. The second-order valence-electron chi connectivity index (χ2n) is 5.55. The molecule has 0 unspecified atom stereocenters. The summed E-state index contributed by atoms with van der Waals surface area (Å²) in [6.45, 7) is 8.47. The molecule has 1 aromatic rings. The molecule has 2 heteroatoms. The zero-order chi connectivity index (χ0) is 13.5. The number of rotatable bonds is 9. The van der Waals surface area contributed by atoms with Crippen LogP contribution in [0, 0.1) is 0 Å².